The first kappa shape index (κ1) is 12.2. The van der Waals surface area contributed by atoms with Crippen LogP contribution in [0.1, 0.15) is 19.5 Å². The molecular formula is C11H17N5S. The Hall–Kier alpha value is -1.30. The number of nitrogen functional groups attached to an aromatic ring is 1. The summed E-state index contributed by atoms with van der Waals surface area (Å²) in [7, 11) is 0. The molecule has 1 fully saturated rings. The summed E-state index contributed by atoms with van der Waals surface area (Å²) in [6, 6.07) is 1.66. The van der Waals surface area contributed by atoms with E-state index in [-0.39, 0.29) is 10.6 Å². The number of rotatable bonds is 2. The molecule has 0 bridgehead atoms. The van der Waals surface area contributed by atoms with Gasteiger partial charge in [0, 0.05) is 29.8 Å². The first-order valence-electron chi connectivity index (χ1n) is 5.54. The smallest absolute Gasteiger partial charge is 0.226 e. The molecule has 0 spiro atoms. The molecule has 17 heavy (non-hydrogen) atoms. The highest BCUT2D eigenvalue weighted by atomic mass is 32.2. The Morgan fingerprint density at radius 2 is 2.35 bits per heavy atom. The molecule has 1 saturated heterocycles. The Bertz CT molecular complexity index is 432. The van der Waals surface area contributed by atoms with E-state index >= 15 is 0 Å². The van der Waals surface area contributed by atoms with Gasteiger partial charge in [-0.05, 0) is 19.9 Å². The van der Waals surface area contributed by atoms with Crippen molar-refractivity contribution in [2.75, 3.05) is 23.7 Å². The van der Waals surface area contributed by atoms with E-state index < -0.39 is 0 Å². The highest BCUT2D eigenvalue weighted by molar-refractivity contribution is 8.00. The molecule has 6 heteroatoms. The molecule has 0 unspecified atom stereocenters. The summed E-state index contributed by atoms with van der Waals surface area (Å²) in [6.45, 7) is 6.30. The normalized spacial score (nSPS) is 19.1. The van der Waals surface area contributed by atoms with E-state index in [1.807, 2.05) is 11.8 Å². The quantitative estimate of drug-likeness (QED) is 0.607. The Kier molecular flexibility index (Phi) is 3.24. The number of hydrogen-bond donors (Lipinski definition) is 2. The lowest BCUT2D eigenvalue weighted by Gasteiger charge is -2.37. The van der Waals surface area contributed by atoms with Gasteiger partial charge in [-0.15, -0.1) is 0 Å². The van der Waals surface area contributed by atoms with E-state index in [0.717, 1.165) is 18.8 Å². The maximum atomic E-state index is 7.39. The molecule has 0 saturated carbocycles. The lowest BCUT2D eigenvalue weighted by molar-refractivity contribution is 0.635. The largest absolute Gasteiger partial charge is 0.382 e. The van der Waals surface area contributed by atoms with Crippen molar-refractivity contribution < 1.29 is 0 Å². The second-order valence-corrected chi connectivity index (χ2v) is 6.49. The SMILES string of the molecule is CC1(C)CN(c2nccc(C(=N)N)n2)CCS1. The lowest BCUT2D eigenvalue weighted by Crippen LogP contribution is -2.44. The Morgan fingerprint density at radius 1 is 1.59 bits per heavy atom. The summed E-state index contributed by atoms with van der Waals surface area (Å²) >= 11 is 1.97. The number of thioether (sulfide) groups is 1. The van der Waals surface area contributed by atoms with Gasteiger partial charge >= 0.3 is 0 Å². The van der Waals surface area contributed by atoms with Crippen LogP contribution in [0.5, 0.6) is 0 Å². The van der Waals surface area contributed by atoms with Crippen molar-refractivity contribution in [2.45, 2.75) is 18.6 Å². The molecule has 0 aromatic carbocycles. The fourth-order valence-electron chi connectivity index (χ4n) is 1.84. The molecule has 2 rings (SSSR count). The van der Waals surface area contributed by atoms with Crippen molar-refractivity contribution >= 4 is 23.5 Å². The number of amidine groups is 1. The summed E-state index contributed by atoms with van der Waals surface area (Å²) < 4.78 is 0.216. The van der Waals surface area contributed by atoms with E-state index in [0.29, 0.717) is 11.6 Å². The van der Waals surface area contributed by atoms with Crippen LogP contribution in [0.25, 0.3) is 0 Å². The number of nitrogens with two attached hydrogens (primary N) is 1. The first-order valence-corrected chi connectivity index (χ1v) is 6.53. The van der Waals surface area contributed by atoms with Crippen LogP contribution in [0.15, 0.2) is 12.3 Å². The predicted molar refractivity (Wildman–Crippen MR) is 71.8 cm³/mol. The maximum absolute atomic E-state index is 7.39. The van der Waals surface area contributed by atoms with E-state index in [4.69, 9.17) is 11.1 Å². The monoisotopic (exact) mass is 251 g/mol. The van der Waals surface area contributed by atoms with Gasteiger partial charge in [-0.2, -0.15) is 11.8 Å². The van der Waals surface area contributed by atoms with Crippen LogP contribution < -0.4 is 10.6 Å². The standard InChI is InChI=1S/C11H17N5S/c1-11(2)7-16(5-6-17-11)10-14-4-3-8(15-10)9(12)13/h3-4H,5-7H2,1-2H3,(H3,12,13). The fraction of sp³-hybridized carbons (Fsp3) is 0.545. The molecule has 2 heterocycles. The predicted octanol–water partition coefficient (Wildman–Crippen LogP) is 1.09. The van der Waals surface area contributed by atoms with Crippen LogP contribution in [0.2, 0.25) is 0 Å². The van der Waals surface area contributed by atoms with Gasteiger partial charge in [-0.25, -0.2) is 9.97 Å². The molecule has 0 amide bonds. The summed E-state index contributed by atoms with van der Waals surface area (Å²) in [5.74, 6) is 1.73. The molecule has 0 aliphatic carbocycles. The van der Waals surface area contributed by atoms with Crippen LogP contribution in [0.4, 0.5) is 5.95 Å². The van der Waals surface area contributed by atoms with E-state index in [1.165, 1.54) is 0 Å². The minimum Gasteiger partial charge on any atom is -0.382 e. The summed E-state index contributed by atoms with van der Waals surface area (Å²) in [4.78, 5) is 10.7. The van der Waals surface area contributed by atoms with Gasteiger partial charge in [-0.3, -0.25) is 5.41 Å². The number of nitrogens with one attached hydrogen (secondary N) is 1. The average Bonchev–Trinajstić information content (AvgIpc) is 2.28. The van der Waals surface area contributed by atoms with Crippen LogP contribution in [-0.4, -0.2) is 39.4 Å². The van der Waals surface area contributed by atoms with Gasteiger partial charge in [0.1, 0.15) is 11.5 Å². The molecule has 0 radical (unpaired) electrons. The van der Waals surface area contributed by atoms with Gasteiger partial charge in [-0.1, -0.05) is 0 Å². The number of hydrogen-bond acceptors (Lipinski definition) is 5. The molecule has 3 N–H and O–H groups in total. The average molecular weight is 251 g/mol. The van der Waals surface area contributed by atoms with Crippen molar-refractivity contribution in [3.05, 3.63) is 18.0 Å². The Balaban J connectivity index is 2.22. The topological polar surface area (TPSA) is 78.9 Å². The highest BCUT2D eigenvalue weighted by Gasteiger charge is 2.28. The molecular weight excluding hydrogens is 234 g/mol. The molecule has 0 atom stereocenters. The number of anilines is 1. The van der Waals surface area contributed by atoms with Gasteiger partial charge in [0.05, 0.1) is 0 Å². The number of aromatic nitrogens is 2. The summed E-state index contributed by atoms with van der Waals surface area (Å²) in [5.41, 5.74) is 5.93. The van der Waals surface area contributed by atoms with Crippen molar-refractivity contribution in [3.8, 4) is 0 Å². The third-order valence-corrected chi connectivity index (χ3v) is 3.92. The zero-order valence-corrected chi connectivity index (χ0v) is 10.9. The van der Waals surface area contributed by atoms with Crippen LogP contribution in [-0.2, 0) is 0 Å². The van der Waals surface area contributed by atoms with Gasteiger partial charge in [0.2, 0.25) is 5.95 Å². The van der Waals surface area contributed by atoms with Crippen LogP contribution >= 0.6 is 11.8 Å². The minimum absolute atomic E-state index is 0.0145. The molecule has 5 nitrogen and oxygen atoms in total. The van der Waals surface area contributed by atoms with Crippen LogP contribution in [0.3, 0.4) is 0 Å². The molecule has 1 aromatic heterocycles. The second-order valence-electron chi connectivity index (χ2n) is 4.69. The third-order valence-electron chi connectivity index (χ3n) is 2.63. The Labute approximate surface area is 105 Å². The van der Waals surface area contributed by atoms with Crippen molar-refractivity contribution in [1.29, 1.82) is 5.41 Å². The van der Waals surface area contributed by atoms with Crippen molar-refractivity contribution in [3.63, 3.8) is 0 Å². The van der Waals surface area contributed by atoms with Gasteiger partial charge < -0.3 is 10.6 Å². The number of nitrogens with zero attached hydrogens (tertiary/aromatic N) is 3. The Morgan fingerprint density at radius 3 is 3.00 bits per heavy atom. The molecule has 1 aliphatic rings. The van der Waals surface area contributed by atoms with Crippen LogP contribution in [0, 0.1) is 5.41 Å². The zero-order chi connectivity index (χ0) is 12.5. The maximum Gasteiger partial charge on any atom is 0.226 e. The highest BCUT2D eigenvalue weighted by Crippen LogP contribution is 2.30. The third kappa shape index (κ3) is 2.88. The van der Waals surface area contributed by atoms with E-state index in [1.54, 1.807) is 12.3 Å². The second kappa shape index (κ2) is 4.52. The summed E-state index contributed by atoms with van der Waals surface area (Å²) in [6.07, 6.45) is 1.66. The summed E-state index contributed by atoms with van der Waals surface area (Å²) in [5, 5.41) is 7.39. The lowest BCUT2D eigenvalue weighted by atomic mass is 10.2. The van der Waals surface area contributed by atoms with E-state index in [9.17, 15) is 0 Å². The van der Waals surface area contributed by atoms with Crippen molar-refractivity contribution in [2.24, 2.45) is 5.73 Å². The molecule has 92 valence electrons. The first-order chi connectivity index (χ1) is 7.98. The van der Waals surface area contributed by atoms with Crippen molar-refractivity contribution in [1.82, 2.24) is 9.97 Å². The van der Waals surface area contributed by atoms with E-state index in [2.05, 4.69) is 28.7 Å². The van der Waals surface area contributed by atoms with Gasteiger partial charge in [0.15, 0.2) is 0 Å². The minimum atomic E-state index is -0.0145. The fourth-order valence-corrected chi connectivity index (χ4v) is 2.95. The molecule has 1 aromatic rings. The van der Waals surface area contributed by atoms with Gasteiger partial charge in [0.25, 0.3) is 0 Å². The molecule has 1 aliphatic heterocycles. The zero-order valence-electron chi connectivity index (χ0n) is 10.1.